The summed E-state index contributed by atoms with van der Waals surface area (Å²) in [4.78, 5) is 12.5. The molecule has 0 radical (unpaired) electrons. The molecule has 0 unspecified atom stereocenters. The number of carbonyl (C=O) groups excluding carboxylic acids is 1. The van der Waals surface area contributed by atoms with Crippen molar-refractivity contribution in [1.29, 1.82) is 0 Å². The van der Waals surface area contributed by atoms with Crippen LogP contribution >= 0.6 is 35.0 Å². The molecule has 3 aromatic carbocycles. The number of aromatic nitrogens is 2. The first kappa shape index (κ1) is 21.4. The second-order valence-corrected chi connectivity index (χ2v) is 8.31. The normalized spacial score (nSPS) is 10.8. The molecule has 0 aliphatic rings. The van der Waals surface area contributed by atoms with Gasteiger partial charge in [0.1, 0.15) is 5.75 Å². The van der Waals surface area contributed by atoms with Crippen molar-refractivity contribution in [1.82, 2.24) is 10.2 Å². The van der Waals surface area contributed by atoms with Gasteiger partial charge in [0.15, 0.2) is 12.4 Å². The maximum absolute atomic E-state index is 12.5. The number of ketones is 1. The fourth-order valence-corrected chi connectivity index (χ4v) is 3.98. The lowest BCUT2D eigenvalue weighted by atomic mass is 10.0. The predicted octanol–water partition coefficient (Wildman–Crippen LogP) is 6.60. The van der Waals surface area contributed by atoms with Crippen molar-refractivity contribution in [3.8, 4) is 16.9 Å². The zero-order valence-electron chi connectivity index (χ0n) is 16.1. The molecule has 0 amide bonds. The third kappa shape index (κ3) is 5.88. The minimum absolute atomic E-state index is 0.0193. The summed E-state index contributed by atoms with van der Waals surface area (Å²) in [6.07, 6.45) is 0. The van der Waals surface area contributed by atoms with Gasteiger partial charge in [-0.2, -0.15) is 0 Å². The summed E-state index contributed by atoms with van der Waals surface area (Å²) >= 11 is 13.1. The number of thioether (sulfide) groups is 1. The largest absolute Gasteiger partial charge is 0.484 e. The highest BCUT2D eigenvalue weighted by molar-refractivity contribution is 7.99. The Morgan fingerprint density at radius 2 is 1.58 bits per heavy atom. The summed E-state index contributed by atoms with van der Waals surface area (Å²) in [7, 11) is 0. The molecule has 0 N–H and O–H groups in total. The number of benzene rings is 3. The predicted molar refractivity (Wildman–Crippen MR) is 122 cm³/mol. The van der Waals surface area contributed by atoms with E-state index in [0.29, 0.717) is 32.5 Å². The first-order valence-corrected chi connectivity index (χ1v) is 11.0. The van der Waals surface area contributed by atoms with Crippen molar-refractivity contribution in [3.63, 3.8) is 0 Å². The Labute approximate surface area is 193 Å². The van der Waals surface area contributed by atoms with Crippen LogP contribution in [0.2, 0.25) is 10.0 Å². The summed E-state index contributed by atoms with van der Waals surface area (Å²) in [5.74, 6) is 0.961. The molecule has 0 saturated heterocycles. The molecule has 0 atom stereocenters. The van der Waals surface area contributed by atoms with Crippen LogP contribution in [0.4, 0.5) is 0 Å². The van der Waals surface area contributed by atoms with Crippen LogP contribution in [-0.4, -0.2) is 21.7 Å². The molecule has 1 heterocycles. The molecule has 156 valence electrons. The molecular formula is C23H16Cl2N2O3S. The zero-order valence-corrected chi connectivity index (χ0v) is 18.5. The first-order chi connectivity index (χ1) is 15.1. The van der Waals surface area contributed by atoms with E-state index in [9.17, 15) is 4.79 Å². The maximum atomic E-state index is 12.5. The number of Topliss-reactive ketones (excluding diaryl/α,β-unsaturated/α-hetero) is 1. The van der Waals surface area contributed by atoms with E-state index in [1.54, 1.807) is 18.2 Å². The van der Waals surface area contributed by atoms with Gasteiger partial charge >= 0.3 is 0 Å². The Bertz CT molecular complexity index is 1160. The topological polar surface area (TPSA) is 65.2 Å². The van der Waals surface area contributed by atoms with Crippen LogP contribution in [-0.2, 0) is 6.61 Å². The SMILES string of the molecule is O=C(CSc1nnc(COc2cc(Cl)cc(Cl)c2)o1)c1ccc(-c2ccccc2)cc1. The van der Waals surface area contributed by atoms with Gasteiger partial charge in [0.2, 0.25) is 0 Å². The molecule has 4 aromatic rings. The standard InChI is InChI=1S/C23H16Cl2N2O3S/c24-18-10-19(25)12-20(11-18)29-13-22-26-27-23(30-22)31-14-21(28)17-8-6-16(7-9-17)15-4-2-1-3-5-15/h1-12H,13-14H2. The molecule has 0 fully saturated rings. The Hall–Kier alpha value is -2.80. The molecule has 0 aliphatic heterocycles. The number of carbonyl (C=O) groups is 1. The fourth-order valence-electron chi connectivity index (χ4n) is 2.80. The van der Waals surface area contributed by atoms with Crippen LogP contribution in [0.3, 0.4) is 0 Å². The highest BCUT2D eigenvalue weighted by Crippen LogP contribution is 2.25. The van der Waals surface area contributed by atoms with E-state index in [2.05, 4.69) is 10.2 Å². The van der Waals surface area contributed by atoms with Gasteiger partial charge in [-0.15, -0.1) is 10.2 Å². The highest BCUT2D eigenvalue weighted by atomic mass is 35.5. The summed E-state index contributed by atoms with van der Waals surface area (Å²) < 4.78 is 11.1. The number of ether oxygens (including phenoxy) is 1. The Balaban J connectivity index is 1.30. The van der Waals surface area contributed by atoms with Gasteiger partial charge in [0.05, 0.1) is 5.75 Å². The van der Waals surface area contributed by atoms with E-state index in [0.717, 1.165) is 11.1 Å². The highest BCUT2D eigenvalue weighted by Gasteiger charge is 2.12. The van der Waals surface area contributed by atoms with Crippen LogP contribution in [0, 0.1) is 0 Å². The second-order valence-electron chi connectivity index (χ2n) is 6.51. The minimum Gasteiger partial charge on any atom is -0.484 e. The van der Waals surface area contributed by atoms with E-state index in [1.807, 2.05) is 54.6 Å². The van der Waals surface area contributed by atoms with Crippen molar-refractivity contribution < 1.29 is 13.9 Å². The molecular weight excluding hydrogens is 455 g/mol. The summed E-state index contributed by atoms with van der Waals surface area (Å²) in [6.45, 7) is 0.0686. The monoisotopic (exact) mass is 470 g/mol. The van der Waals surface area contributed by atoms with Gasteiger partial charge in [-0.25, -0.2) is 0 Å². The average Bonchev–Trinajstić information content (AvgIpc) is 3.24. The third-order valence-corrected chi connectivity index (χ3v) is 5.54. The van der Waals surface area contributed by atoms with Crippen molar-refractivity contribution >= 4 is 40.7 Å². The second kappa shape index (κ2) is 10.0. The fraction of sp³-hybridized carbons (Fsp3) is 0.0870. The lowest BCUT2D eigenvalue weighted by Gasteiger charge is -2.04. The van der Waals surface area contributed by atoms with Crippen molar-refractivity contribution in [2.75, 3.05) is 5.75 Å². The van der Waals surface area contributed by atoms with E-state index in [1.165, 1.54) is 11.8 Å². The molecule has 1 aromatic heterocycles. The zero-order chi connectivity index (χ0) is 21.6. The van der Waals surface area contributed by atoms with Gasteiger partial charge < -0.3 is 9.15 Å². The first-order valence-electron chi connectivity index (χ1n) is 9.29. The minimum atomic E-state index is -0.0193. The smallest absolute Gasteiger partial charge is 0.277 e. The van der Waals surface area contributed by atoms with Crippen molar-refractivity contribution in [2.45, 2.75) is 11.8 Å². The van der Waals surface area contributed by atoms with Gasteiger partial charge in [-0.3, -0.25) is 4.79 Å². The molecule has 0 bridgehead atoms. The van der Waals surface area contributed by atoms with Crippen molar-refractivity contribution in [2.24, 2.45) is 0 Å². The van der Waals surface area contributed by atoms with Crippen LogP contribution in [0.25, 0.3) is 11.1 Å². The Morgan fingerprint density at radius 1 is 0.903 bits per heavy atom. The number of halogens is 2. The number of nitrogens with zero attached hydrogens (tertiary/aromatic N) is 2. The number of hydrogen-bond acceptors (Lipinski definition) is 6. The number of hydrogen-bond donors (Lipinski definition) is 0. The van der Waals surface area contributed by atoms with Crippen LogP contribution in [0.1, 0.15) is 16.2 Å². The molecule has 0 aliphatic carbocycles. The summed E-state index contributed by atoms with van der Waals surface area (Å²) in [5, 5.41) is 9.12. The van der Waals surface area contributed by atoms with Crippen molar-refractivity contribution in [3.05, 3.63) is 94.3 Å². The average molecular weight is 471 g/mol. The Morgan fingerprint density at radius 3 is 2.29 bits per heavy atom. The molecule has 8 heteroatoms. The van der Waals surface area contributed by atoms with Gasteiger partial charge in [0, 0.05) is 15.6 Å². The van der Waals surface area contributed by atoms with Gasteiger partial charge in [0.25, 0.3) is 11.1 Å². The molecule has 4 rings (SSSR count). The van der Waals surface area contributed by atoms with Gasteiger partial charge in [-0.05, 0) is 29.3 Å². The van der Waals surface area contributed by atoms with Crippen LogP contribution in [0.15, 0.2) is 82.4 Å². The van der Waals surface area contributed by atoms with E-state index >= 15 is 0 Å². The molecule has 31 heavy (non-hydrogen) atoms. The third-order valence-electron chi connectivity index (χ3n) is 4.29. The molecule has 5 nitrogen and oxygen atoms in total. The summed E-state index contributed by atoms with van der Waals surface area (Å²) in [5.41, 5.74) is 2.80. The lowest BCUT2D eigenvalue weighted by molar-refractivity contribution is 0.102. The number of rotatable bonds is 8. The lowest BCUT2D eigenvalue weighted by Crippen LogP contribution is -2.02. The molecule has 0 saturated carbocycles. The van der Waals surface area contributed by atoms with Crippen LogP contribution in [0.5, 0.6) is 5.75 Å². The van der Waals surface area contributed by atoms with E-state index < -0.39 is 0 Å². The van der Waals surface area contributed by atoms with E-state index in [-0.39, 0.29) is 18.1 Å². The molecule has 0 spiro atoms. The Kier molecular flexibility index (Phi) is 6.92. The summed E-state index contributed by atoms with van der Waals surface area (Å²) in [6, 6.07) is 22.4. The van der Waals surface area contributed by atoms with Crippen LogP contribution < -0.4 is 4.74 Å². The van der Waals surface area contributed by atoms with E-state index in [4.69, 9.17) is 32.4 Å². The van der Waals surface area contributed by atoms with Gasteiger partial charge in [-0.1, -0.05) is 89.6 Å². The quantitative estimate of drug-likeness (QED) is 0.213. The maximum Gasteiger partial charge on any atom is 0.277 e.